The minimum absolute atomic E-state index is 0.0684. The highest BCUT2D eigenvalue weighted by Crippen LogP contribution is 2.29. The van der Waals surface area contributed by atoms with E-state index in [0.29, 0.717) is 17.2 Å². The molecule has 2 atom stereocenters. The molecule has 1 N–H and O–H groups in total. The highest BCUT2D eigenvalue weighted by atomic mass is 32.2. The molecule has 150 valence electrons. The second-order valence-corrected chi connectivity index (χ2v) is 9.50. The van der Waals surface area contributed by atoms with Gasteiger partial charge in [-0.1, -0.05) is 49.4 Å². The summed E-state index contributed by atoms with van der Waals surface area (Å²) in [4.78, 5) is 14.7. The van der Waals surface area contributed by atoms with Gasteiger partial charge >= 0.3 is 0 Å². The summed E-state index contributed by atoms with van der Waals surface area (Å²) in [5.74, 6) is 0.380. The quantitative estimate of drug-likeness (QED) is 0.810. The Kier molecular flexibility index (Phi) is 6.52. The van der Waals surface area contributed by atoms with Crippen LogP contribution in [0, 0.1) is 0 Å². The van der Waals surface area contributed by atoms with Gasteiger partial charge in [0.25, 0.3) is 0 Å². The lowest BCUT2D eigenvalue weighted by atomic mass is 9.85. The van der Waals surface area contributed by atoms with E-state index in [9.17, 15) is 13.2 Å². The minimum Gasteiger partial charge on any atom is -0.351 e. The number of amides is 1. The molecule has 1 saturated heterocycles. The number of hydrogen-bond donors (Lipinski definition) is 1. The van der Waals surface area contributed by atoms with Crippen molar-refractivity contribution in [1.29, 1.82) is 0 Å². The van der Waals surface area contributed by atoms with Gasteiger partial charge in [0, 0.05) is 37.7 Å². The summed E-state index contributed by atoms with van der Waals surface area (Å²) < 4.78 is 23.3. The maximum absolute atomic E-state index is 12.1. The van der Waals surface area contributed by atoms with Gasteiger partial charge in [-0.15, -0.1) is 0 Å². The van der Waals surface area contributed by atoms with Gasteiger partial charge in [-0.2, -0.15) is 0 Å². The Labute approximate surface area is 167 Å². The largest absolute Gasteiger partial charge is 0.351 e. The van der Waals surface area contributed by atoms with Crippen molar-refractivity contribution in [2.45, 2.75) is 43.2 Å². The first kappa shape index (κ1) is 20.6. The van der Waals surface area contributed by atoms with E-state index in [0.717, 1.165) is 31.6 Å². The fourth-order valence-corrected chi connectivity index (χ4v) is 4.45. The molecule has 0 spiro atoms. The lowest BCUT2D eigenvalue weighted by Gasteiger charge is -2.39. The zero-order valence-electron chi connectivity index (χ0n) is 16.5. The molecule has 0 aliphatic carbocycles. The minimum atomic E-state index is -3.18. The number of nitrogens with zero attached hydrogens (tertiary/aromatic N) is 1. The molecule has 0 unspecified atom stereocenters. The standard InChI is InChI=1S/C22H28N2O3S/c1-3-22(25)23-21-16-24(14-13-20(21)18-7-5-4-6-8-18)15-17-9-11-19(12-10-17)28(2,26)27/h4-12,20-21H,3,13-16H2,1-2H3,(H,23,25)/t20-,21+/m0/s1. The summed E-state index contributed by atoms with van der Waals surface area (Å²) in [6, 6.07) is 17.5. The van der Waals surface area contributed by atoms with E-state index in [1.807, 2.05) is 37.3 Å². The molecule has 6 heteroatoms. The van der Waals surface area contributed by atoms with E-state index in [1.54, 1.807) is 12.1 Å². The predicted molar refractivity (Wildman–Crippen MR) is 111 cm³/mol. The summed E-state index contributed by atoms with van der Waals surface area (Å²) >= 11 is 0. The normalized spacial score (nSPS) is 20.6. The van der Waals surface area contributed by atoms with Gasteiger partial charge in [-0.25, -0.2) is 8.42 Å². The highest BCUT2D eigenvalue weighted by molar-refractivity contribution is 7.90. The van der Waals surface area contributed by atoms with E-state index >= 15 is 0 Å². The van der Waals surface area contributed by atoms with Crippen molar-refractivity contribution in [3.05, 3.63) is 65.7 Å². The molecule has 0 aromatic heterocycles. The van der Waals surface area contributed by atoms with Gasteiger partial charge in [-0.05, 0) is 36.2 Å². The molecule has 1 fully saturated rings. The molecule has 1 amide bonds. The van der Waals surface area contributed by atoms with Crippen LogP contribution in [-0.2, 0) is 21.2 Å². The van der Waals surface area contributed by atoms with Crippen LogP contribution in [0.15, 0.2) is 59.5 Å². The van der Waals surface area contributed by atoms with Crippen LogP contribution in [0.25, 0.3) is 0 Å². The van der Waals surface area contributed by atoms with Crippen molar-refractivity contribution in [1.82, 2.24) is 10.2 Å². The van der Waals surface area contributed by atoms with Crippen LogP contribution in [0.1, 0.15) is 36.8 Å². The third kappa shape index (κ3) is 5.20. The SMILES string of the molecule is CCC(=O)N[C@@H]1CN(Cc2ccc(S(C)(=O)=O)cc2)CC[C@H]1c1ccccc1. The smallest absolute Gasteiger partial charge is 0.219 e. The predicted octanol–water partition coefficient (Wildman–Crippen LogP) is 2.97. The number of likely N-dealkylation sites (tertiary alicyclic amines) is 1. The third-order valence-electron chi connectivity index (χ3n) is 5.35. The Morgan fingerprint density at radius 2 is 1.79 bits per heavy atom. The molecule has 1 heterocycles. The Bertz CT molecular complexity index is 895. The Hall–Kier alpha value is -2.18. The molecule has 2 aromatic rings. The van der Waals surface area contributed by atoms with Crippen LogP contribution in [0.3, 0.4) is 0 Å². The molecule has 0 bridgehead atoms. The van der Waals surface area contributed by atoms with Gasteiger partial charge in [0.15, 0.2) is 9.84 Å². The number of benzene rings is 2. The van der Waals surface area contributed by atoms with Crippen molar-refractivity contribution in [2.24, 2.45) is 0 Å². The molecule has 1 aliphatic rings. The van der Waals surface area contributed by atoms with Gasteiger partial charge in [0.05, 0.1) is 4.90 Å². The van der Waals surface area contributed by atoms with Crippen LogP contribution >= 0.6 is 0 Å². The van der Waals surface area contributed by atoms with Gasteiger partial charge in [-0.3, -0.25) is 9.69 Å². The van der Waals surface area contributed by atoms with Crippen molar-refractivity contribution in [2.75, 3.05) is 19.3 Å². The highest BCUT2D eigenvalue weighted by Gasteiger charge is 2.31. The molecule has 1 aliphatic heterocycles. The van der Waals surface area contributed by atoms with Gasteiger partial charge < -0.3 is 5.32 Å². The van der Waals surface area contributed by atoms with Crippen molar-refractivity contribution < 1.29 is 13.2 Å². The molecule has 3 rings (SSSR count). The Morgan fingerprint density at radius 1 is 1.11 bits per heavy atom. The van der Waals surface area contributed by atoms with E-state index in [1.165, 1.54) is 11.8 Å². The summed E-state index contributed by atoms with van der Waals surface area (Å²) in [5, 5.41) is 3.20. The fourth-order valence-electron chi connectivity index (χ4n) is 3.82. The molecule has 28 heavy (non-hydrogen) atoms. The van der Waals surface area contributed by atoms with E-state index < -0.39 is 9.84 Å². The summed E-state index contributed by atoms with van der Waals surface area (Å²) in [5.41, 5.74) is 2.34. The van der Waals surface area contributed by atoms with Crippen LogP contribution < -0.4 is 5.32 Å². The number of hydrogen-bond acceptors (Lipinski definition) is 4. The zero-order chi connectivity index (χ0) is 20.1. The zero-order valence-corrected chi connectivity index (χ0v) is 17.3. The number of sulfone groups is 1. The van der Waals surface area contributed by atoms with Crippen molar-refractivity contribution >= 4 is 15.7 Å². The lowest BCUT2D eigenvalue weighted by molar-refractivity contribution is -0.122. The number of carbonyl (C=O) groups is 1. The van der Waals surface area contributed by atoms with Crippen molar-refractivity contribution in [3.8, 4) is 0 Å². The summed E-state index contributed by atoms with van der Waals surface area (Å²) in [6.07, 6.45) is 2.67. The summed E-state index contributed by atoms with van der Waals surface area (Å²) in [7, 11) is -3.18. The van der Waals surface area contributed by atoms with Crippen LogP contribution in [-0.4, -0.2) is 44.6 Å². The van der Waals surface area contributed by atoms with E-state index in [-0.39, 0.29) is 11.9 Å². The molecule has 5 nitrogen and oxygen atoms in total. The number of piperidine rings is 1. The van der Waals surface area contributed by atoms with Crippen LogP contribution in [0.2, 0.25) is 0 Å². The number of nitrogens with one attached hydrogen (secondary N) is 1. The van der Waals surface area contributed by atoms with Gasteiger partial charge in [0.1, 0.15) is 0 Å². The topological polar surface area (TPSA) is 66.5 Å². The second kappa shape index (κ2) is 8.88. The number of rotatable bonds is 6. The second-order valence-electron chi connectivity index (χ2n) is 7.48. The Balaban J connectivity index is 1.71. The number of carbonyl (C=O) groups excluding carboxylic acids is 1. The average Bonchev–Trinajstić information content (AvgIpc) is 2.68. The first-order valence-corrected chi connectivity index (χ1v) is 11.6. The maximum atomic E-state index is 12.1. The van der Waals surface area contributed by atoms with Crippen LogP contribution in [0.5, 0.6) is 0 Å². The monoisotopic (exact) mass is 400 g/mol. The maximum Gasteiger partial charge on any atom is 0.219 e. The first-order valence-electron chi connectivity index (χ1n) is 9.72. The Morgan fingerprint density at radius 3 is 2.39 bits per heavy atom. The van der Waals surface area contributed by atoms with E-state index in [2.05, 4.69) is 22.3 Å². The van der Waals surface area contributed by atoms with Crippen LogP contribution in [0.4, 0.5) is 0 Å². The fraction of sp³-hybridized carbons (Fsp3) is 0.409. The van der Waals surface area contributed by atoms with E-state index in [4.69, 9.17) is 0 Å². The molecular weight excluding hydrogens is 372 g/mol. The summed E-state index contributed by atoms with van der Waals surface area (Å²) in [6.45, 7) is 4.33. The molecule has 0 saturated carbocycles. The van der Waals surface area contributed by atoms with Crippen molar-refractivity contribution in [3.63, 3.8) is 0 Å². The first-order chi connectivity index (χ1) is 13.4. The van der Waals surface area contributed by atoms with Gasteiger partial charge in [0.2, 0.25) is 5.91 Å². The third-order valence-corrected chi connectivity index (χ3v) is 6.48. The molecule has 0 radical (unpaired) electrons. The molecule has 2 aromatic carbocycles. The lowest BCUT2D eigenvalue weighted by Crippen LogP contribution is -2.51. The average molecular weight is 401 g/mol. The molecular formula is C22H28N2O3S.